The van der Waals surface area contributed by atoms with E-state index < -0.39 is 22.2 Å². The molecule has 0 N–H and O–H groups in total. The van der Waals surface area contributed by atoms with Crippen LogP contribution in [0.5, 0.6) is 0 Å². The van der Waals surface area contributed by atoms with Crippen LogP contribution in [0.3, 0.4) is 0 Å². The molecule has 0 saturated carbocycles. The van der Waals surface area contributed by atoms with Crippen molar-refractivity contribution in [2.45, 2.75) is 361 Å². The Morgan fingerprint density at radius 1 is 0.247 bits per heavy atom. The molecular formula is C82H124CoP2. The van der Waals surface area contributed by atoms with E-state index in [-0.39, 0.29) is 0 Å². The molecule has 10 aliphatic heterocycles. The Morgan fingerprint density at radius 3 is 0.612 bits per heavy atom. The average molecular weight is 1230 g/mol. The van der Waals surface area contributed by atoms with Crippen LogP contribution in [0.1, 0.15) is 304 Å². The summed E-state index contributed by atoms with van der Waals surface area (Å²) in [5.74, 6) is 0. The van der Waals surface area contributed by atoms with Gasteiger partial charge in [0.25, 0.3) is 0 Å². The van der Waals surface area contributed by atoms with E-state index in [4.69, 9.17) is 0 Å². The number of aryl methyl sites for hydroxylation is 4. The van der Waals surface area contributed by atoms with Crippen molar-refractivity contribution in [2.24, 2.45) is 0 Å². The first-order valence-corrected chi connectivity index (χ1v) is 46.3. The summed E-state index contributed by atoms with van der Waals surface area (Å²) >= 11 is 0. The van der Waals surface area contributed by atoms with Crippen LogP contribution < -0.4 is 21.2 Å². The molecule has 4 aromatic rings. The van der Waals surface area contributed by atoms with E-state index >= 15 is 0 Å². The second-order valence-corrected chi connectivity index (χ2v) is 59.3. The van der Waals surface area contributed by atoms with Crippen molar-refractivity contribution in [1.29, 1.82) is 0 Å². The van der Waals surface area contributed by atoms with Gasteiger partial charge >= 0.3 is 520 Å². The van der Waals surface area contributed by atoms with Gasteiger partial charge in [0.1, 0.15) is 0 Å². The van der Waals surface area contributed by atoms with E-state index in [2.05, 4.69) is 132 Å². The standard InChI is InChI=1S/C77H119P2.C5H5.Co/c1-13-25-38-60-52-56-72(68(46-33-21-9)64(60)42-29-17-5)78(73-57-53-61(39-26-14-2)65(43-30-18-6)69(73)47-34-22-10)76-50-37-51-77(76)79(74-58-54-62(40-27-15-3)66(44-31-19-7)70(74)48-35-23-11)75-59-55-63(41-28-16-4)67(45-32-20-8)71(75)49-36-24-12;1-2-4-5-3-1;/h37,50-59H,13-36,38-49H2,1-12H3;1-5H;. The molecule has 10 aliphatic rings. The van der Waals surface area contributed by atoms with Crippen molar-refractivity contribution in [2.75, 3.05) is 0 Å². The van der Waals surface area contributed by atoms with Crippen molar-refractivity contribution in [3.05, 3.63) is 115 Å². The number of unbranched alkanes of at least 4 members (excludes halogenated alkanes) is 12. The van der Waals surface area contributed by atoms with Gasteiger partial charge in [-0.2, -0.15) is 0 Å². The first kappa shape index (κ1) is 60.8. The third-order valence-corrected chi connectivity index (χ3v) is 85.3. The molecule has 4 aromatic carbocycles. The number of hydrogen-bond acceptors (Lipinski definition) is 0. The number of hydrogen-bond donors (Lipinski definition) is 0. The van der Waals surface area contributed by atoms with Crippen LogP contribution in [-0.4, -0.2) is 8.18 Å². The van der Waals surface area contributed by atoms with Crippen LogP contribution in [0, 0.1) is 0 Å². The first-order chi connectivity index (χ1) is 41.5. The van der Waals surface area contributed by atoms with Crippen LogP contribution in [-0.2, 0) is 83.4 Å². The molecule has 0 aromatic heterocycles. The average Bonchev–Trinajstić information content (AvgIpc) is 1.03. The summed E-state index contributed by atoms with van der Waals surface area (Å²) in [5, 5.41) is 8.08. The molecule has 4 atom stereocenters. The molecule has 10 fully saturated rings. The molecule has 14 rings (SSSR count). The number of fused-ring (bicyclic) bond motifs is 10. The second-order valence-electron chi connectivity index (χ2n) is 32.0. The Kier molecular flexibility index (Phi) is 12.4. The van der Waals surface area contributed by atoms with Crippen LogP contribution in [0.2, 0.25) is 38.8 Å². The van der Waals surface area contributed by atoms with E-state index in [1.165, 1.54) is 270 Å². The predicted octanol–water partition coefficient (Wildman–Crippen LogP) is 23.6. The summed E-state index contributed by atoms with van der Waals surface area (Å²) in [4.78, 5) is 9.69. The molecule has 0 amide bonds. The minimum absolute atomic E-state index is 0.599. The normalized spacial score (nSPS) is 34.4. The molecule has 471 valence electrons. The molecule has 0 aliphatic carbocycles. The zero-order chi connectivity index (χ0) is 59.4. The first-order valence-electron chi connectivity index (χ1n) is 37.7. The third-order valence-electron chi connectivity index (χ3n) is 31.0. The number of rotatable bonds is 42. The van der Waals surface area contributed by atoms with Crippen molar-refractivity contribution in [3.8, 4) is 0 Å². The summed E-state index contributed by atoms with van der Waals surface area (Å²) in [6, 6.07) is 23.6. The van der Waals surface area contributed by atoms with E-state index in [0.717, 1.165) is 0 Å². The van der Waals surface area contributed by atoms with E-state index in [9.17, 15) is 0 Å². The summed E-state index contributed by atoms with van der Waals surface area (Å²) in [6.07, 6.45) is 42.7. The van der Waals surface area contributed by atoms with Crippen molar-refractivity contribution in [3.63, 3.8) is 0 Å². The summed E-state index contributed by atoms with van der Waals surface area (Å²) in [6.45, 7) is 29.9. The molecule has 1 spiro atoms. The van der Waals surface area contributed by atoms with Crippen molar-refractivity contribution >= 4 is 37.1 Å². The maximum absolute atomic E-state index is 4.49. The topological polar surface area (TPSA) is 0 Å². The Hall–Kier alpha value is -1.75. The fourth-order valence-electron chi connectivity index (χ4n) is 28.8. The summed E-state index contributed by atoms with van der Waals surface area (Å²) < 4.78 is 1.20. The van der Waals surface area contributed by atoms with Gasteiger partial charge in [-0.3, -0.25) is 0 Å². The summed E-state index contributed by atoms with van der Waals surface area (Å²) in [7, 11) is -1.22. The minimum atomic E-state index is -4.49. The molecule has 0 nitrogen and oxygen atoms in total. The van der Waals surface area contributed by atoms with Crippen LogP contribution in [0.15, 0.2) is 48.5 Å². The Morgan fingerprint density at radius 2 is 0.435 bits per heavy atom. The molecule has 10 heterocycles. The SMILES string of the molecule is CCCCc1ccc(P(c2ccc(CCCC)c(CCCC)c2CCCC)[C]23[CH]4[CH]5[CH]6[C]2(P(c2ccc(CCCC)c(CCCC)c2CCCC)c2ccc(CCCC)c(CCCC)c2CCCC)[Co]54632789[CH]3[CH]2[CH]7[CH]8[CH]39)c(CCCC)c1CCCC. The Balaban J connectivity index is 1.12. The number of benzene rings is 4. The van der Waals surface area contributed by atoms with Gasteiger partial charge in [-0.15, -0.1) is 0 Å². The molecule has 3 heteroatoms. The van der Waals surface area contributed by atoms with Crippen molar-refractivity contribution < 1.29 is 6.37 Å². The van der Waals surface area contributed by atoms with Crippen molar-refractivity contribution in [1.82, 2.24) is 0 Å². The van der Waals surface area contributed by atoms with E-state index in [0.29, 0.717) is 8.18 Å². The zero-order valence-electron chi connectivity index (χ0n) is 56.9. The fourth-order valence-corrected chi connectivity index (χ4v) is 127. The van der Waals surface area contributed by atoms with E-state index in [1.807, 2.05) is 65.7 Å². The second kappa shape index (κ2) is 17.3. The fraction of sp³-hybridized carbons (Fsp3) is 0.707. The maximum atomic E-state index is 3.02. The van der Waals surface area contributed by atoms with Gasteiger partial charge in [0, 0.05) is 0 Å². The third kappa shape index (κ3) is 3.88. The molecule has 0 radical (unpaired) electrons. The van der Waals surface area contributed by atoms with Gasteiger partial charge in [0.15, 0.2) is 0 Å². The monoisotopic (exact) mass is 1230 g/mol. The Bertz CT molecular complexity index is 3100. The zero-order valence-corrected chi connectivity index (χ0v) is 59.8. The molecule has 4 unspecified atom stereocenters. The van der Waals surface area contributed by atoms with Gasteiger partial charge in [-0.1, -0.05) is 0 Å². The van der Waals surface area contributed by atoms with Crippen LogP contribution in [0.25, 0.3) is 0 Å². The van der Waals surface area contributed by atoms with Gasteiger partial charge in [-0.25, -0.2) is 0 Å². The molecule has 0 bridgehead atoms. The van der Waals surface area contributed by atoms with Gasteiger partial charge in [-0.05, 0) is 0 Å². The molecular weight excluding hydrogens is 1110 g/mol. The van der Waals surface area contributed by atoms with Gasteiger partial charge < -0.3 is 0 Å². The quantitative estimate of drug-likeness (QED) is 0.0388. The van der Waals surface area contributed by atoms with Gasteiger partial charge in [0.2, 0.25) is 0 Å². The molecule has 85 heavy (non-hydrogen) atoms. The van der Waals surface area contributed by atoms with E-state index in [1.54, 1.807) is 22.3 Å². The van der Waals surface area contributed by atoms with Crippen LogP contribution in [0.4, 0.5) is 0 Å². The van der Waals surface area contributed by atoms with Crippen LogP contribution >= 0.6 is 15.8 Å². The predicted molar refractivity (Wildman–Crippen MR) is 377 cm³/mol. The van der Waals surface area contributed by atoms with Gasteiger partial charge in [0.05, 0.1) is 0 Å². The Labute approximate surface area is 516 Å². The molecule has 10 saturated heterocycles. The summed E-state index contributed by atoms with van der Waals surface area (Å²) in [5.41, 5.74) is 22.4.